The molecule has 1 heterocycles. The summed E-state index contributed by atoms with van der Waals surface area (Å²) < 4.78 is 11.4. The number of nitrogens with zero attached hydrogens (tertiary/aromatic N) is 1. The van der Waals surface area contributed by atoms with E-state index in [4.69, 9.17) is 9.47 Å². The SMILES string of the molecule is COc1cc(Br)c(CN2C(=O)N[C@@]3(CCCc4ccccc43)C2=O)cc1OC. The number of ether oxygens (including phenoxy) is 2. The molecule has 0 unspecified atom stereocenters. The third kappa shape index (κ3) is 2.85. The van der Waals surface area contributed by atoms with Crippen molar-refractivity contribution in [3.8, 4) is 11.5 Å². The van der Waals surface area contributed by atoms with Crippen LogP contribution in [0.1, 0.15) is 29.5 Å². The first-order valence-electron chi connectivity index (χ1n) is 9.13. The van der Waals surface area contributed by atoms with E-state index in [2.05, 4.69) is 21.2 Å². The minimum Gasteiger partial charge on any atom is -0.493 e. The van der Waals surface area contributed by atoms with Gasteiger partial charge in [0.2, 0.25) is 0 Å². The zero-order valence-corrected chi connectivity index (χ0v) is 17.3. The number of benzene rings is 2. The molecule has 1 fully saturated rings. The average molecular weight is 445 g/mol. The van der Waals surface area contributed by atoms with E-state index in [0.717, 1.165) is 34.0 Å². The average Bonchev–Trinajstić information content (AvgIpc) is 2.94. The van der Waals surface area contributed by atoms with E-state index in [1.165, 1.54) is 4.90 Å². The van der Waals surface area contributed by atoms with Gasteiger partial charge in [-0.1, -0.05) is 40.2 Å². The lowest BCUT2D eigenvalue weighted by molar-refractivity contribution is -0.132. The van der Waals surface area contributed by atoms with Gasteiger partial charge in [0, 0.05) is 4.47 Å². The molecule has 0 aromatic heterocycles. The Morgan fingerprint density at radius 2 is 1.86 bits per heavy atom. The second kappa shape index (κ2) is 7.13. The Morgan fingerprint density at radius 3 is 2.61 bits per heavy atom. The lowest BCUT2D eigenvalue weighted by atomic mass is 9.76. The van der Waals surface area contributed by atoms with Crippen LogP contribution in [-0.4, -0.2) is 31.1 Å². The van der Waals surface area contributed by atoms with Gasteiger partial charge in [-0.05, 0) is 48.1 Å². The molecule has 6 nitrogen and oxygen atoms in total. The van der Waals surface area contributed by atoms with Crippen molar-refractivity contribution < 1.29 is 19.1 Å². The molecule has 7 heteroatoms. The van der Waals surface area contributed by atoms with E-state index in [9.17, 15) is 9.59 Å². The predicted octanol–water partition coefficient (Wildman–Crippen LogP) is 3.75. The summed E-state index contributed by atoms with van der Waals surface area (Å²) in [5.41, 5.74) is 1.84. The number of methoxy groups -OCH3 is 2. The fourth-order valence-corrected chi connectivity index (χ4v) is 4.59. The van der Waals surface area contributed by atoms with Crippen LogP contribution in [-0.2, 0) is 23.3 Å². The molecule has 0 saturated carbocycles. The van der Waals surface area contributed by atoms with Gasteiger partial charge < -0.3 is 14.8 Å². The maximum Gasteiger partial charge on any atom is 0.325 e. The lowest BCUT2D eigenvalue weighted by Gasteiger charge is -2.33. The fraction of sp³-hybridized carbons (Fsp3) is 0.333. The van der Waals surface area contributed by atoms with Crippen LogP contribution in [0.3, 0.4) is 0 Å². The number of rotatable bonds is 4. The van der Waals surface area contributed by atoms with Crippen LogP contribution in [0, 0.1) is 0 Å². The first-order valence-corrected chi connectivity index (χ1v) is 9.92. The highest BCUT2D eigenvalue weighted by atomic mass is 79.9. The molecular weight excluding hydrogens is 424 g/mol. The van der Waals surface area contributed by atoms with Crippen molar-refractivity contribution in [3.05, 3.63) is 57.6 Å². The number of amides is 3. The molecular formula is C21H21BrN2O4. The molecule has 1 aliphatic heterocycles. The Bertz CT molecular complexity index is 961. The number of carbonyl (C=O) groups excluding carboxylic acids is 2. The van der Waals surface area contributed by atoms with Crippen LogP contribution in [0.15, 0.2) is 40.9 Å². The quantitative estimate of drug-likeness (QED) is 0.729. The van der Waals surface area contributed by atoms with Crippen molar-refractivity contribution in [2.24, 2.45) is 0 Å². The van der Waals surface area contributed by atoms with Gasteiger partial charge in [-0.2, -0.15) is 0 Å². The predicted molar refractivity (Wildman–Crippen MR) is 107 cm³/mol. The first kappa shape index (κ1) is 18.8. The van der Waals surface area contributed by atoms with Gasteiger partial charge in [-0.15, -0.1) is 0 Å². The Balaban J connectivity index is 1.69. The number of aryl methyl sites for hydroxylation is 1. The molecule has 28 heavy (non-hydrogen) atoms. The van der Waals surface area contributed by atoms with Gasteiger partial charge in [-0.25, -0.2) is 4.79 Å². The van der Waals surface area contributed by atoms with Gasteiger partial charge in [0.15, 0.2) is 11.5 Å². The smallest absolute Gasteiger partial charge is 0.325 e. The van der Waals surface area contributed by atoms with E-state index in [0.29, 0.717) is 17.9 Å². The fourth-order valence-electron chi connectivity index (χ4n) is 4.14. The molecule has 2 aromatic carbocycles. The summed E-state index contributed by atoms with van der Waals surface area (Å²) in [5, 5.41) is 2.98. The number of hydrogen-bond donors (Lipinski definition) is 1. The summed E-state index contributed by atoms with van der Waals surface area (Å²) in [4.78, 5) is 27.5. The molecule has 1 spiro atoms. The highest BCUT2D eigenvalue weighted by Crippen LogP contribution is 2.41. The van der Waals surface area contributed by atoms with Crippen molar-refractivity contribution >= 4 is 27.9 Å². The molecule has 2 aromatic rings. The normalized spacial score (nSPS) is 20.9. The number of halogens is 1. The summed E-state index contributed by atoms with van der Waals surface area (Å²) >= 11 is 3.51. The number of nitrogens with one attached hydrogen (secondary N) is 1. The third-order valence-electron chi connectivity index (χ3n) is 5.53. The monoisotopic (exact) mass is 444 g/mol. The Labute approximate surface area is 171 Å². The van der Waals surface area contributed by atoms with Crippen molar-refractivity contribution in [2.45, 2.75) is 31.3 Å². The number of carbonyl (C=O) groups is 2. The van der Waals surface area contributed by atoms with Crippen LogP contribution < -0.4 is 14.8 Å². The lowest BCUT2D eigenvalue weighted by Crippen LogP contribution is -2.46. The van der Waals surface area contributed by atoms with Crippen molar-refractivity contribution in [3.63, 3.8) is 0 Å². The minimum atomic E-state index is -0.963. The maximum atomic E-state index is 13.4. The highest BCUT2D eigenvalue weighted by molar-refractivity contribution is 9.10. The summed E-state index contributed by atoms with van der Waals surface area (Å²) in [5.74, 6) is 0.921. The molecule has 4 rings (SSSR count). The molecule has 0 radical (unpaired) electrons. The zero-order valence-electron chi connectivity index (χ0n) is 15.8. The van der Waals surface area contributed by atoms with Crippen LogP contribution in [0.4, 0.5) is 4.79 Å². The molecule has 146 valence electrons. The van der Waals surface area contributed by atoms with E-state index in [-0.39, 0.29) is 18.5 Å². The van der Waals surface area contributed by atoms with Gasteiger partial charge in [0.1, 0.15) is 5.54 Å². The summed E-state index contributed by atoms with van der Waals surface area (Å²) in [6.07, 6.45) is 2.39. The molecule has 1 aliphatic carbocycles. The van der Waals surface area contributed by atoms with Crippen LogP contribution in [0.25, 0.3) is 0 Å². The summed E-state index contributed by atoms with van der Waals surface area (Å²) in [6, 6.07) is 11.0. The molecule has 0 bridgehead atoms. The number of urea groups is 1. The van der Waals surface area contributed by atoms with Gasteiger partial charge in [-0.3, -0.25) is 9.69 Å². The molecule has 1 saturated heterocycles. The second-order valence-electron chi connectivity index (χ2n) is 7.04. The molecule has 1 N–H and O–H groups in total. The van der Waals surface area contributed by atoms with Gasteiger partial charge in [0.25, 0.3) is 5.91 Å². The molecule has 2 aliphatic rings. The van der Waals surface area contributed by atoms with Crippen LogP contribution in [0.5, 0.6) is 11.5 Å². The van der Waals surface area contributed by atoms with Crippen molar-refractivity contribution in [1.82, 2.24) is 10.2 Å². The Morgan fingerprint density at radius 1 is 1.14 bits per heavy atom. The number of imide groups is 1. The van der Waals surface area contributed by atoms with Crippen molar-refractivity contribution in [1.29, 1.82) is 0 Å². The topological polar surface area (TPSA) is 67.9 Å². The third-order valence-corrected chi connectivity index (χ3v) is 6.27. The van der Waals surface area contributed by atoms with E-state index in [1.807, 2.05) is 24.3 Å². The second-order valence-corrected chi connectivity index (χ2v) is 7.89. The van der Waals surface area contributed by atoms with Crippen LogP contribution in [0.2, 0.25) is 0 Å². The van der Waals surface area contributed by atoms with Crippen LogP contribution >= 0.6 is 15.9 Å². The summed E-state index contributed by atoms with van der Waals surface area (Å²) in [7, 11) is 3.11. The molecule has 3 amide bonds. The standard InChI is InChI=1S/C21H21BrN2O4/c1-27-17-10-14(16(22)11-18(17)28-2)12-24-19(25)21(23-20(24)26)9-5-7-13-6-3-4-8-15(13)21/h3-4,6,8,10-11H,5,7,9,12H2,1-2H3,(H,23,26)/t21-/m1/s1. The minimum absolute atomic E-state index is 0.148. The van der Waals surface area contributed by atoms with E-state index in [1.54, 1.807) is 26.4 Å². The summed E-state index contributed by atoms with van der Waals surface area (Å²) in [6.45, 7) is 0.148. The van der Waals surface area contributed by atoms with E-state index >= 15 is 0 Å². The highest BCUT2D eigenvalue weighted by Gasteiger charge is 2.53. The zero-order chi connectivity index (χ0) is 19.9. The van der Waals surface area contributed by atoms with Crippen molar-refractivity contribution in [2.75, 3.05) is 14.2 Å². The number of fused-ring (bicyclic) bond motifs is 2. The Kier molecular flexibility index (Phi) is 4.79. The Hall–Kier alpha value is -2.54. The first-order chi connectivity index (χ1) is 13.5. The van der Waals surface area contributed by atoms with Gasteiger partial charge >= 0.3 is 6.03 Å². The van der Waals surface area contributed by atoms with E-state index < -0.39 is 5.54 Å². The number of hydrogen-bond acceptors (Lipinski definition) is 4. The maximum absolute atomic E-state index is 13.4. The van der Waals surface area contributed by atoms with Gasteiger partial charge in [0.05, 0.1) is 20.8 Å². The largest absolute Gasteiger partial charge is 0.493 e. The molecule has 1 atom stereocenters.